The Morgan fingerprint density at radius 3 is 2.36 bits per heavy atom. The van der Waals surface area contributed by atoms with Crippen LogP contribution in [0.15, 0.2) is 47.1 Å². The second-order valence-corrected chi connectivity index (χ2v) is 9.88. The molecule has 36 heavy (non-hydrogen) atoms. The quantitative estimate of drug-likeness (QED) is 0.477. The zero-order valence-electron chi connectivity index (χ0n) is 19.2. The number of hydrogen-bond acceptors (Lipinski definition) is 8. The molecule has 1 amide bonds. The molecule has 1 aliphatic rings. The maximum absolute atomic E-state index is 13.1. The highest BCUT2D eigenvalue weighted by Gasteiger charge is 2.39. The Bertz CT molecular complexity index is 1330. The van der Waals surface area contributed by atoms with Crippen molar-refractivity contribution in [1.29, 1.82) is 0 Å². The molecule has 0 aliphatic carbocycles. The fourth-order valence-corrected chi connectivity index (χ4v) is 3.27. The number of nitrogen functional groups attached to an aromatic ring is 1. The van der Waals surface area contributed by atoms with Gasteiger partial charge in [-0.1, -0.05) is 29.4 Å². The Hall–Kier alpha value is -3.49. The number of nitrogens with zero attached hydrogens (tertiary/aromatic N) is 1. The number of nitrogens with two attached hydrogens (primary N) is 1. The van der Waals surface area contributed by atoms with E-state index in [4.69, 9.17) is 28.0 Å². The third-order valence-electron chi connectivity index (χ3n) is 5.14. The van der Waals surface area contributed by atoms with E-state index >= 15 is 0 Å². The van der Waals surface area contributed by atoms with E-state index in [1.54, 1.807) is 30.3 Å². The zero-order chi connectivity index (χ0) is 26.7. The standard InChI is InChI=1S/C21H19F3N4O3.CH4O3S/c1-20(10-30-11-20)16-8-17(28-31-16)27-18(29)6-12-2-4-13(5-3-12)14-7-15(21(22,23)24)19(25)26-9-14;1-5(2,3)4/h2-5,7-9H,6,10-11H2,1H3,(H2,25,26)(H,27,28,29);1H3,(H,2,3,4). The third kappa shape index (κ3) is 7.26. The van der Waals surface area contributed by atoms with Crippen molar-refractivity contribution in [2.45, 2.75) is 24.9 Å². The first-order valence-electron chi connectivity index (χ1n) is 10.4. The number of carbonyl (C=O) groups is 1. The summed E-state index contributed by atoms with van der Waals surface area (Å²) in [5, 5.41) is 6.55. The number of pyridine rings is 1. The van der Waals surface area contributed by atoms with E-state index in [2.05, 4.69) is 15.5 Å². The molecule has 4 rings (SSSR count). The van der Waals surface area contributed by atoms with Gasteiger partial charge in [-0.3, -0.25) is 10.5 Å². The molecule has 3 aromatic rings. The monoisotopic (exact) mass is 528 g/mol. The topological polar surface area (TPSA) is 162 Å². The number of alkyl halides is 3. The van der Waals surface area contributed by atoms with Gasteiger partial charge >= 0.3 is 6.18 Å². The fourth-order valence-electron chi connectivity index (χ4n) is 3.27. The van der Waals surface area contributed by atoms with Crippen LogP contribution < -0.4 is 16.0 Å². The molecule has 0 radical (unpaired) electrons. The number of amides is 1. The number of aromatic nitrogens is 2. The van der Waals surface area contributed by atoms with E-state index in [1.165, 1.54) is 6.20 Å². The molecule has 3 heterocycles. The summed E-state index contributed by atoms with van der Waals surface area (Å²) in [6, 6.07) is 9.32. The molecule has 1 fully saturated rings. The Morgan fingerprint density at radius 1 is 1.22 bits per heavy atom. The van der Waals surface area contributed by atoms with Crippen molar-refractivity contribution in [2.24, 2.45) is 0 Å². The number of aromatic amines is 1. The van der Waals surface area contributed by atoms with E-state index in [0.717, 1.165) is 6.07 Å². The van der Waals surface area contributed by atoms with Crippen LogP contribution in [0.1, 0.15) is 23.8 Å². The van der Waals surface area contributed by atoms with Gasteiger partial charge in [0, 0.05) is 17.9 Å². The van der Waals surface area contributed by atoms with Crippen LogP contribution in [0.4, 0.5) is 24.8 Å². The highest BCUT2D eigenvalue weighted by molar-refractivity contribution is 7.84. The van der Waals surface area contributed by atoms with Gasteiger partial charge in [0.15, 0.2) is 5.82 Å². The summed E-state index contributed by atoms with van der Waals surface area (Å²) >= 11 is 0. The van der Waals surface area contributed by atoms with Crippen molar-refractivity contribution in [2.75, 3.05) is 30.5 Å². The molecule has 0 bridgehead atoms. The molecule has 1 saturated heterocycles. The van der Waals surface area contributed by atoms with Crippen LogP contribution in [0.25, 0.3) is 11.1 Å². The molecular weight excluding hydrogens is 505 g/mol. The summed E-state index contributed by atoms with van der Waals surface area (Å²) in [5.74, 6) is 0.237. The predicted molar refractivity (Wildman–Crippen MR) is 120 cm³/mol. The van der Waals surface area contributed by atoms with Gasteiger partial charge < -0.3 is 19.1 Å². The largest absolute Gasteiger partial charge is 0.748 e. The fraction of sp³-hybridized carbons (Fsp3) is 0.318. The summed E-state index contributed by atoms with van der Waals surface area (Å²) in [5.41, 5.74) is 5.83. The number of H-pyrrole nitrogens is 1. The molecule has 14 heteroatoms. The Morgan fingerprint density at radius 2 is 1.83 bits per heavy atom. The summed E-state index contributed by atoms with van der Waals surface area (Å²) in [4.78, 5) is 14.7. The van der Waals surface area contributed by atoms with Crippen molar-refractivity contribution in [3.05, 3.63) is 59.5 Å². The summed E-state index contributed by atoms with van der Waals surface area (Å²) < 4.78 is 76.9. The van der Waals surface area contributed by atoms with Gasteiger partial charge in [0.25, 0.3) is 5.82 Å². The average Bonchev–Trinajstić information content (AvgIpc) is 3.19. The third-order valence-corrected chi connectivity index (χ3v) is 5.14. The molecule has 0 unspecified atom stereocenters. The van der Waals surface area contributed by atoms with Crippen molar-refractivity contribution in [3.8, 4) is 11.1 Å². The van der Waals surface area contributed by atoms with E-state index in [-0.39, 0.29) is 17.7 Å². The minimum absolute atomic E-state index is 0.0739. The lowest BCUT2D eigenvalue weighted by Crippen LogP contribution is -2.43. The van der Waals surface area contributed by atoms with Crippen molar-refractivity contribution < 1.29 is 45.2 Å². The Balaban J connectivity index is 0.000000658. The molecule has 0 atom stereocenters. The molecule has 4 N–H and O–H groups in total. The number of ether oxygens (including phenoxy) is 1. The number of nitrogens with one attached hydrogen (secondary N) is 2. The lowest BCUT2D eigenvalue weighted by molar-refractivity contribution is -0.362. The van der Waals surface area contributed by atoms with Gasteiger partial charge in [-0.25, -0.2) is 13.4 Å². The second kappa shape index (κ2) is 10.2. The number of benzene rings is 1. The van der Waals surface area contributed by atoms with E-state index in [9.17, 15) is 18.0 Å². The average molecular weight is 529 g/mol. The minimum Gasteiger partial charge on any atom is -0.748 e. The van der Waals surface area contributed by atoms with Gasteiger partial charge in [-0.05, 0) is 24.1 Å². The second-order valence-electron chi connectivity index (χ2n) is 8.47. The molecule has 0 saturated carbocycles. The van der Waals surface area contributed by atoms with Gasteiger partial charge in [0.1, 0.15) is 11.3 Å². The lowest BCUT2D eigenvalue weighted by Gasteiger charge is -2.35. The molecule has 1 aromatic carbocycles. The highest BCUT2D eigenvalue weighted by atomic mass is 32.2. The molecule has 10 nitrogen and oxygen atoms in total. The van der Waals surface area contributed by atoms with Crippen LogP contribution in [0, 0.1) is 0 Å². The van der Waals surface area contributed by atoms with Gasteiger partial charge in [-0.2, -0.15) is 13.2 Å². The molecule has 2 aromatic heterocycles. The maximum Gasteiger partial charge on any atom is 0.424 e. The molecule has 1 aliphatic heterocycles. The first-order valence-corrected chi connectivity index (χ1v) is 12.2. The van der Waals surface area contributed by atoms with Crippen LogP contribution in [-0.2, 0) is 37.7 Å². The Labute approximate surface area is 204 Å². The van der Waals surface area contributed by atoms with Crippen LogP contribution in [0.3, 0.4) is 0 Å². The molecule has 0 spiro atoms. The van der Waals surface area contributed by atoms with Crippen LogP contribution in [0.5, 0.6) is 0 Å². The number of anilines is 2. The first kappa shape index (κ1) is 27.1. The van der Waals surface area contributed by atoms with Crippen LogP contribution in [-0.4, -0.2) is 43.5 Å². The molecule has 194 valence electrons. The zero-order valence-corrected chi connectivity index (χ0v) is 20.0. The van der Waals surface area contributed by atoms with E-state index in [0.29, 0.717) is 47.7 Å². The Kier molecular flexibility index (Phi) is 7.71. The summed E-state index contributed by atoms with van der Waals surface area (Å²) in [6.07, 6.45) is -2.47. The summed E-state index contributed by atoms with van der Waals surface area (Å²) in [6.45, 7) is 3.07. The SMILES string of the molecule is CC1(c2cc(NC(=O)Cc3ccc(-c4c[nH+]c(N)c(C(F)(F)F)c4)cc3)no2)COC1.CS(=O)(=O)[O-]. The number of carbonyl (C=O) groups excluding carboxylic acids is 1. The van der Waals surface area contributed by atoms with Gasteiger partial charge in [-0.15, -0.1) is 0 Å². The smallest absolute Gasteiger partial charge is 0.424 e. The van der Waals surface area contributed by atoms with E-state index in [1.807, 2.05) is 6.92 Å². The predicted octanol–water partition coefficient (Wildman–Crippen LogP) is 2.39. The summed E-state index contributed by atoms with van der Waals surface area (Å²) in [7, 11) is -3.92. The highest BCUT2D eigenvalue weighted by Crippen LogP contribution is 2.34. The van der Waals surface area contributed by atoms with Crippen molar-refractivity contribution >= 4 is 27.7 Å². The van der Waals surface area contributed by atoms with Crippen LogP contribution >= 0.6 is 0 Å². The first-order chi connectivity index (χ1) is 16.6. The number of hydrogen-bond donors (Lipinski definition) is 2. The van der Waals surface area contributed by atoms with Crippen molar-refractivity contribution in [3.63, 3.8) is 0 Å². The number of halogens is 3. The minimum atomic E-state index is -4.56. The lowest BCUT2D eigenvalue weighted by atomic mass is 9.86. The molecular formula is C22H23F3N4O6S. The van der Waals surface area contributed by atoms with Gasteiger partial charge in [0.05, 0.1) is 41.4 Å². The maximum atomic E-state index is 13.1. The van der Waals surface area contributed by atoms with Crippen molar-refractivity contribution in [1.82, 2.24) is 5.16 Å². The number of rotatable bonds is 5. The normalized spacial score (nSPS) is 14.8. The van der Waals surface area contributed by atoms with E-state index < -0.39 is 27.7 Å². The van der Waals surface area contributed by atoms with Crippen LogP contribution in [0.2, 0.25) is 0 Å². The van der Waals surface area contributed by atoms with Gasteiger partial charge in [0.2, 0.25) is 5.91 Å².